The van der Waals surface area contributed by atoms with Gasteiger partial charge in [-0.15, -0.1) is 0 Å². The molecule has 0 atom stereocenters. The molecule has 3 rings (SSSR count). The highest BCUT2D eigenvalue weighted by Crippen LogP contribution is 2.14. The van der Waals surface area contributed by atoms with Crippen molar-refractivity contribution in [2.24, 2.45) is 5.10 Å². The number of rotatable bonds is 7. The molecule has 0 heterocycles. The monoisotopic (exact) mass is 429 g/mol. The fourth-order valence-corrected chi connectivity index (χ4v) is 2.75. The summed E-state index contributed by atoms with van der Waals surface area (Å²) in [6.07, 6.45) is 1.45. The van der Waals surface area contributed by atoms with E-state index in [1.807, 2.05) is 32.0 Å². The summed E-state index contributed by atoms with van der Waals surface area (Å²) in [6.45, 7) is 3.64. The lowest BCUT2D eigenvalue weighted by Crippen LogP contribution is -2.34. The topological polar surface area (TPSA) is 96.9 Å². The number of hydrazone groups is 1. The summed E-state index contributed by atoms with van der Waals surface area (Å²) in [5.74, 6) is -0.822. The third-order valence-electron chi connectivity index (χ3n) is 4.47. The molecule has 7 heteroatoms. The maximum Gasteiger partial charge on any atom is 0.343 e. The van der Waals surface area contributed by atoms with E-state index in [0.717, 1.165) is 11.1 Å². The molecule has 0 saturated carbocycles. The van der Waals surface area contributed by atoms with Crippen molar-refractivity contribution in [3.8, 4) is 5.75 Å². The lowest BCUT2D eigenvalue weighted by molar-refractivity contribution is -0.120. The van der Waals surface area contributed by atoms with Crippen LogP contribution in [-0.4, -0.2) is 30.5 Å². The van der Waals surface area contributed by atoms with E-state index in [1.165, 1.54) is 6.21 Å². The molecule has 3 aromatic carbocycles. The van der Waals surface area contributed by atoms with Crippen LogP contribution in [0, 0.1) is 13.8 Å². The Balaban J connectivity index is 1.45. The number of nitrogens with zero attached hydrogens (tertiary/aromatic N) is 1. The van der Waals surface area contributed by atoms with Gasteiger partial charge in [-0.3, -0.25) is 9.59 Å². The number of carbonyl (C=O) groups excluding carboxylic acids is 3. The van der Waals surface area contributed by atoms with E-state index in [4.69, 9.17) is 4.74 Å². The van der Waals surface area contributed by atoms with Gasteiger partial charge in [0.2, 0.25) is 0 Å². The number of hydrogen-bond donors (Lipinski definition) is 2. The fourth-order valence-electron chi connectivity index (χ4n) is 2.75. The Morgan fingerprint density at radius 1 is 0.875 bits per heavy atom. The second-order valence-electron chi connectivity index (χ2n) is 7.17. The van der Waals surface area contributed by atoms with E-state index in [-0.39, 0.29) is 12.5 Å². The molecule has 0 radical (unpaired) electrons. The second-order valence-corrected chi connectivity index (χ2v) is 7.17. The molecule has 0 bridgehead atoms. The van der Waals surface area contributed by atoms with Gasteiger partial charge in [-0.2, -0.15) is 5.10 Å². The lowest BCUT2D eigenvalue weighted by atomic mass is 10.1. The Labute approximate surface area is 186 Å². The number of esters is 1. The second kappa shape index (κ2) is 10.7. The molecule has 0 aliphatic heterocycles. The summed E-state index contributed by atoms with van der Waals surface area (Å²) in [6, 6.07) is 20.9. The standard InChI is InChI=1S/C25H23N3O4/c1-17-6-10-20(11-7-17)24(30)26-16-23(29)28-27-15-19-8-12-22(13-9-19)32-25(31)21-5-3-4-18(2)14-21/h3-15H,16H2,1-2H3,(H,26,30)(H,28,29). The molecule has 0 spiro atoms. The van der Waals surface area contributed by atoms with Gasteiger partial charge in [0.15, 0.2) is 0 Å². The van der Waals surface area contributed by atoms with Crippen molar-refractivity contribution in [1.82, 2.24) is 10.7 Å². The van der Waals surface area contributed by atoms with Crippen LogP contribution in [0.4, 0.5) is 0 Å². The summed E-state index contributed by atoms with van der Waals surface area (Å²) >= 11 is 0. The molecular formula is C25H23N3O4. The van der Waals surface area contributed by atoms with Crippen LogP contribution in [0.25, 0.3) is 0 Å². The van der Waals surface area contributed by atoms with Crippen LogP contribution in [0.15, 0.2) is 77.9 Å². The molecule has 0 aliphatic rings. The van der Waals surface area contributed by atoms with Crippen molar-refractivity contribution in [2.75, 3.05) is 6.54 Å². The average Bonchev–Trinajstić information content (AvgIpc) is 2.79. The normalized spacial score (nSPS) is 10.6. The maximum absolute atomic E-state index is 12.2. The van der Waals surface area contributed by atoms with Crippen LogP contribution in [0.2, 0.25) is 0 Å². The first-order valence-electron chi connectivity index (χ1n) is 9.96. The third kappa shape index (κ3) is 6.63. The zero-order chi connectivity index (χ0) is 22.9. The van der Waals surface area contributed by atoms with E-state index in [9.17, 15) is 14.4 Å². The number of ether oxygens (including phenoxy) is 1. The third-order valence-corrected chi connectivity index (χ3v) is 4.47. The molecule has 7 nitrogen and oxygen atoms in total. The first-order chi connectivity index (χ1) is 15.4. The molecule has 2 N–H and O–H groups in total. The van der Waals surface area contributed by atoms with Crippen LogP contribution in [0.3, 0.4) is 0 Å². The lowest BCUT2D eigenvalue weighted by Gasteiger charge is -2.05. The molecular weight excluding hydrogens is 406 g/mol. The van der Waals surface area contributed by atoms with Gasteiger partial charge in [0.25, 0.3) is 11.8 Å². The maximum atomic E-state index is 12.2. The molecule has 32 heavy (non-hydrogen) atoms. The van der Waals surface area contributed by atoms with E-state index in [1.54, 1.807) is 54.6 Å². The zero-order valence-electron chi connectivity index (χ0n) is 17.8. The van der Waals surface area contributed by atoms with Crippen molar-refractivity contribution >= 4 is 24.0 Å². The first-order valence-corrected chi connectivity index (χ1v) is 9.96. The molecule has 0 aliphatic carbocycles. The molecule has 0 fully saturated rings. The predicted octanol–water partition coefficient (Wildman–Crippen LogP) is 3.40. The van der Waals surface area contributed by atoms with Gasteiger partial charge in [-0.1, -0.05) is 35.4 Å². The van der Waals surface area contributed by atoms with Gasteiger partial charge in [-0.05, 0) is 67.9 Å². The summed E-state index contributed by atoms with van der Waals surface area (Å²) in [7, 11) is 0. The van der Waals surface area contributed by atoms with Crippen LogP contribution in [0.5, 0.6) is 5.75 Å². The summed E-state index contributed by atoms with van der Waals surface area (Å²) in [5.41, 5.74) is 6.03. The van der Waals surface area contributed by atoms with Gasteiger partial charge in [0.05, 0.1) is 18.3 Å². The number of hydrogen-bond acceptors (Lipinski definition) is 5. The van der Waals surface area contributed by atoms with Gasteiger partial charge >= 0.3 is 5.97 Å². The molecule has 0 unspecified atom stereocenters. The number of benzene rings is 3. The Hall–Kier alpha value is -4.26. The van der Waals surface area contributed by atoms with E-state index >= 15 is 0 Å². The molecule has 3 aromatic rings. The number of aryl methyl sites for hydroxylation is 2. The minimum Gasteiger partial charge on any atom is -0.423 e. The highest BCUT2D eigenvalue weighted by atomic mass is 16.5. The van der Waals surface area contributed by atoms with Crippen molar-refractivity contribution in [2.45, 2.75) is 13.8 Å². The molecule has 162 valence electrons. The van der Waals surface area contributed by atoms with Crippen molar-refractivity contribution in [3.63, 3.8) is 0 Å². The van der Waals surface area contributed by atoms with E-state index in [2.05, 4.69) is 15.8 Å². The van der Waals surface area contributed by atoms with Crippen LogP contribution < -0.4 is 15.5 Å². The van der Waals surface area contributed by atoms with Gasteiger partial charge in [0.1, 0.15) is 5.75 Å². The van der Waals surface area contributed by atoms with Gasteiger partial charge in [-0.25, -0.2) is 10.2 Å². The number of carbonyl (C=O) groups is 3. The zero-order valence-corrected chi connectivity index (χ0v) is 17.8. The highest BCUT2D eigenvalue weighted by Gasteiger charge is 2.09. The Morgan fingerprint density at radius 2 is 1.59 bits per heavy atom. The van der Waals surface area contributed by atoms with Crippen molar-refractivity contribution in [1.29, 1.82) is 0 Å². The molecule has 2 amide bonds. The Bertz CT molecular complexity index is 1140. The van der Waals surface area contributed by atoms with E-state index < -0.39 is 11.9 Å². The Kier molecular flexibility index (Phi) is 7.48. The van der Waals surface area contributed by atoms with E-state index in [0.29, 0.717) is 22.4 Å². The minimum absolute atomic E-state index is 0.197. The summed E-state index contributed by atoms with van der Waals surface area (Å²) in [5, 5.41) is 6.40. The summed E-state index contributed by atoms with van der Waals surface area (Å²) < 4.78 is 5.36. The molecule has 0 saturated heterocycles. The van der Waals surface area contributed by atoms with Gasteiger partial charge < -0.3 is 10.1 Å². The fraction of sp³-hybridized carbons (Fsp3) is 0.120. The average molecular weight is 429 g/mol. The number of nitrogens with one attached hydrogen (secondary N) is 2. The predicted molar refractivity (Wildman–Crippen MR) is 122 cm³/mol. The molecule has 0 aromatic heterocycles. The SMILES string of the molecule is Cc1ccc(C(=O)NCC(=O)NN=Cc2ccc(OC(=O)c3cccc(C)c3)cc2)cc1. The number of amides is 2. The summed E-state index contributed by atoms with van der Waals surface area (Å²) in [4.78, 5) is 36.1. The van der Waals surface area contributed by atoms with Crippen LogP contribution in [-0.2, 0) is 4.79 Å². The largest absolute Gasteiger partial charge is 0.423 e. The first kappa shape index (κ1) is 22.4. The quantitative estimate of drug-likeness (QED) is 0.260. The Morgan fingerprint density at radius 3 is 2.28 bits per heavy atom. The highest BCUT2D eigenvalue weighted by molar-refractivity contribution is 5.96. The van der Waals surface area contributed by atoms with Crippen molar-refractivity contribution < 1.29 is 19.1 Å². The van der Waals surface area contributed by atoms with Gasteiger partial charge in [0, 0.05) is 5.56 Å². The van der Waals surface area contributed by atoms with Crippen LogP contribution in [0.1, 0.15) is 37.4 Å². The smallest absolute Gasteiger partial charge is 0.343 e. The van der Waals surface area contributed by atoms with Crippen molar-refractivity contribution in [3.05, 3.63) is 101 Å². The van der Waals surface area contributed by atoms with Crippen LogP contribution >= 0.6 is 0 Å². The minimum atomic E-state index is -0.453.